The normalized spacial score (nSPS) is 23.1. The monoisotopic (exact) mass is 732 g/mol. The van der Waals surface area contributed by atoms with Crippen molar-refractivity contribution in [2.75, 3.05) is 0 Å². The molecular weight excluding hydrogens is 724 g/mol. The van der Waals surface area contributed by atoms with Crippen LogP contribution in [0.1, 0.15) is 0 Å². The molecule has 2 heterocycles. The molecule has 0 saturated carbocycles. The van der Waals surface area contributed by atoms with E-state index in [1.165, 1.54) is 0 Å². The van der Waals surface area contributed by atoms with E-state index in [1.807, 2.05) is 0 Å². The quantitative estimate of drug-likeness (QED) is 0.337. The van der Waals surface area contributed by atoms with Crippen molar-refractivity contribution in [2.24, 2.45) is 0 Å². The molecule has 2 aliphatic heterocycles. The minimum absolute atomic E-state index is 0.288. The zero-order valence-electron chi connectivity index (χ0n) is 6.14. The summed E-state index contributed by atoms with van der Waals surface area (Å²) in [6, 6.07) is 0. The topological polar surface area (TPSA) is 0 Å². The molecule has 8 heteroatoms. The van der Waals surface area contributed by atoms with E-state index in [4.69, 9.17) is 46.4 Å². The van der Waals surface area contributed by atoms with E-state index in [2.05, 4.69) is 0 Å². The van der Waals surface area contributed by atoms with Gasteiger partial charge in [-0.2, -0.15) is 0 Å². The van der Waals surface area contributed by atoms with E-state index in [0.717, 1.165) is 12.3 Å². The second-order valence-electron chi connectivity index (χ2n) is 2.08. The Bertz CT molecular complexity index is 315. The fourth-order valence-electron chi connectivity index (χ4n) is 0.694. The van der Waals surface area contributed by atoms with Crippen LogP contribution in [0.15, 0.2) is 15.7 Å². The second-order valence-corrected chi connectivity index (χ2v) is 23.1. The predicted octanol–water partition coefficient (Wildman–Crippen LogP) is 2.17. The zero-order chi connectivity index (χ0) is 10.3. The molecule has 0 aromatic heterocycles. The summed E-state index contributed by atoms with van der Waals surface area (Å²) >= 11 is 23.1. The van der Waals surface area contributed by atoms with E-state index < -0.39 is 0 Å². The van der Waals surface area contributed by atoms with Crippen molar-refractivity contribution < 1.29 is 0 Å². The van der Waals surface area contributed by atoms with Crippen molar-refractivity contribution in [3.05, 3.63) is 15.7 Å². The molecule has 14 heavy (non-hydrogen) atoms. The summed E-state index contributed by atoms with van der Waals surface area (Å²) in [5.41, 5.74) is 0. The van der Waals surface area contributed by atoms with Crippen LogP contribution in [0.5, 0.6) is 0 Å². The Labute approximate surface area is 143 Å². The van der Waals surface area contributed by atoms with Gasteiger partial charge in [0.15, 0.2) is 0 Å². The molecule has 0 atom stereocenters. The third-order valence-corrected chi connectivity index (χ3v) is 28.3. The first-order valence-corrected chi connectivity index (χ1v) is 14.0. The van der Waals surface area contributed by atoms with Gasteiger partial charge < -0.3 is 0 Å². The third-order valence-electron chi connectivity index (χ3n) is 1.20. The molecule has 0 aliphatic carbocycles. The molecule has 2 aliphatic rings. The summed E-state index contributed by atoms with van der Waals surface area (Å²) in [5, 5.41) is 0. The van der Waals surface area contributed by atoms with Gasteiger partial charge in [-0.3, -0.25) is 0 Å². The molecule has 0 fully saturated rings. The van der Waals surface area contributed by atoms with Gasteiger partial charge in [-0.15, -0.1) is 0 Å². The van der Waals surface area contributed by atoms with Crippen LogP contribution in [-0.2, 0) is 0 Å². The van der Waals surface area contributed by atoms with Crippen LogP contribution >= 0.6 is 46.4 Å². The molecule has 76 valence electrons. The van der Waals surface area contributed by atoms with Gasteiger partial charge in [0.25, 0.3) is 0 Å². The van der Waals surface area contributed by atoms with Gasteiger partial charge in [0.1, 0.15) is 0 Å². The van der Waals surface area contributed by atoms with Gasteiger partial charge in [0.2, 0.25) is 0 Å². The second kappa shape index (κ2) is 6.12. The fraction of sp³-hybridized carbons (Fsp3) is 0. The van der Waals surface area contributed by atoms with Crippen LogP contribution in [0.25, 0.3) is 0 Å². The minimum atomic E-state index is -0.288. The summed E-state index contributed by atoms with van der Waals surface area (Å²) in [7, 11) is 0. The van der Waals surface area contributed by atoms with Crippen LogP contribution in [-0.4, -0.2) is 83.7 Å². The Hall–Kier alpha value is 3.54. The van der Waals surface area contributed by atoms with Crippen LogP contribution < -0.4 is 0 Å². The molecule has 0 aromatic rings. The molecular formula is C6Cl4Te4. The van der Waals surface area contributed by atoms with Crippen molar-refractivity contribution in [3.8, 4) is 0 Å². The van der Waals surface area contributed by atoms with Gasteiger partial charge in [0, 0.05) is 0 Å². The van der Waals surface area contributed by atoms with Crippen LogP contribution in [0, 0.1) is 0 Å². The molecule has 0 N–H and O–H groups in total. The summed E-state index contributed by atoms with van der Waals surface area (Å²) in [4.78, 5) is 0. The molecule has 0 spiro atoms. The Morgan fingerprint density at radius 3 is 0.929 bits per heavy atom. The van der Waals surface area contributed by atoms with Crippen LogP contribution in [0.3, 0.4) is 0 Å². The van der Waals surface area contributed by atoms with Gasteiger partial charge in [0.05, 0.1) is 0 Å². The van der Waals surface area contributed by atoms with Gasteiger partial charge in [-0.05, 0) is 0 Å². The molecule has 0 radical (unpaired) electrons. The van der Waals surface area contributed by atoms with Gasteiger partial charge in [-0.25, -0.2) is 0 Å². The van der Waals surface area contributed by atoms with E-state index in [0.29, 0.717) is 0 Å². The van der Waals surface area contributed by atoms with E-state index in [9.17, 15) is 0 Å². The Kier molecular flexibility index (Phi) is 6.10. The zero-order valence-corrected chi connectivity index (χ0v) is 18.5. The fourth-order valence-corrected chi connectivity index (χ4v) is 29.2. The third kappa shape index (κ3) is 3.30. The van der Waals surface area contributed by atoms with Gasteiger partial charge >= 0.3 is 146 Å². The Balaban J connectivity index is 2.17. The Morgan fingerprint density at radius 2 is 0.714 bits per heavy atom. The standard InChI is InChI=1S/C6Cl4Te4/c7-1-2(8)12-5(11-1)6-13-3(9)4(10)14-6. The SMILES string of the molecule is ClC1=C(Cl)[Te]C(=C2[Te]C(Cl)=C(Cl)[Te]2)[Te]1. The molecule has 0 amide bonds. The molecule has 0 saturated heterocycles. The van der Waals surface area contributed by atoms with Crippen molar-refractivity contribution in [1.29, 1.82) is 0 Å². The molecule has 2 rings (SSSR count). The summed E-state index contributed by atoms with van der Waals surface area (Å²) in [5.74, 6) is 0. The number of halogens is 4. The summed E-state index contributed by atoms with van der Waals surface area (Å²) in [6.45, 7) is 0. The first kappa shape index (κ1) is 14.0. The molecule has 0 bridgehead atoms. The van der Waals surface area contributed by atoms with Crippen molar-refractivity contribution in [3.63, 3.8) is 0 Å². The average Bonchev–Trinajstić information content (AvgIpc) is 2.60. The van der Waals surface area contributed by atoms with Crippen LogP contribution in [0.2, 0.25) is 0 Å². The van der Waals surface area contributed by atoms with E-state index in [-0.39, 0.29) is 83.7 Å². The predicted molar refractivity (Wildman–Crippen MR) is 67.5 cm³/mol. The van der Waals surface area contributed by atoms with Crippen molar-refractivity contribution >= 4 is 130 Å². The van der Waals surface area contributed by atoms with Crippen molar-refractivity contribution in [2.45, 2.75) is 0 Å². The summed E-state index contributed by atoms with van der Waals surface area (Å²) < 4.78 is 7.27. The molecule has 0 aromatic carbocycles. The number of rotatable bonds is 0. The molecule has 0 nitrogen and oxygen atoms in total. The van der Waals surface area contributed by atoms with Gasteiger partial charge in [-0.1, -0.05) is 0 Å². The number of hydrogen-bond donors (Lipinski definition) is 0. The van der Waals surface area contributed by atoms with Crippen molar-refractivity contribution in [1.82, 2.24) is 0 Å². The van der Waals surface area contributed by atoms with Crippen LogP contribution in [0.4, 0.5) is 0 Å². The van der Waals surface area contributed by atoms with E-state index in [1.54, 1.807) is 3.34 Å². The van der Waals surface area contributed by atoms with E-state index >= 15 is 0 Å². The first-order valence-electron chi connectivity index (χ1n) is 3.14. The number of hydrogen-bond acceptors (Lipinski definition) is 0. The average molecular weight is 724 g/mol. The maximum atomic E-state index is 6.06. The first-order chi connectivity index (χ1) is 6.58. The Morgan fingerprint density at radius 1 is 0.500 bits per heavy atom. The maximum absolute atomic E-state index is 6.06. The molecule has 0 unspecified atom stereocenters. The summed E-state index contributed by atoms with van der Waals surface area (Å²) in [6.07, 6.45) is 0.